The van der Waals surface area contributed by atoms with E-state index in [-0.39, 0.29) is 11.3 Å². The lowest BCUT2D eigenvalue weighted by molar-refractivity contribution is 0.270. The molecule has 0 aliphatic carbocycles. The van der Waals surface area contributed by atoms with Gasteiger partial charge in [-0.1, -0.05) is 23.7 Å². The van der Waals surface area contributed by atoms with Gasteiger partial charge in [0.15, 0.2) is 0 Å². The minimum Gasteiger partial charge on any atom is -0.455 e. The predicted octanol–water partition coefficient (Wildman–Crippen LogP) is 4.07. The lowest BCUT2D eigenvalue weighted by Crippen LogP contribution is -1.96. The molecule has 2 rings (SSSR count). The van der Waals surface area contributed by atoms with E-state index in [2.05, 4.69) is 0 Å². The van der Waals surface area contributed by atoms with Crippen LogP contribution in [0.5, 0.6) is 11.5 Å². The van der Waals surface area contributed by atoms with Crippen LogP contribution in [0.1, 0.15) is 11.1 Å². The fourth-order valence-electron chi connectivity index (χ4n) is 1.60. The molecule has 0 unspecified atom stereocenters. The van der Waals surface area contributed by atoms with Gasteiger partial charge in [0.05, 0.1) is 17.2 Å². The number of benzene rings is 2. The molecule has 2 aromatic rings. The molecule has 0 bridgehead atoms. The Bertz CT molecular complexity index is 570. The van der Waals surface area contributed by atoms with Crippen LogP contribution in [0.4, 0.5) is 4.39 Å². The highest BCUT2D eigenvalue weighted by Gasteiger charge is 2.11. The number of aliphatic hydroxyl groups excluding tert-OH is 1. The first kappa shape index (κ1) is 12.9. The molecule has 0 aliphatic rings. The third kappa shape index (κ3) is 2.63. The average Bonchev–Trinajstić information content (AvgIpc) is 2.34. The van der Waals surface area contributed by atoms with Crippen molar-refractivity contribution < 1.29 is 14.2 Å². The quantitative estimate of drug-likeness (QED) is 0.907. The molecule has 2 aromatic carbocycles. The van der Waals surface area contributed by atoms with Gasteiger partial charge < -0.3 is 9.84 Å². The third-order valence-electron chi connectivity index (χ3n) is 2.54. The van der Waals surface area contributed by atoms with Crippen LogP contribution >= 0.6 is 11.6 Å². The van der Waals surface area contributed by atoms with E-state index in [0.29, 0.717) is 10.8 Å². The maximum atomic E-state index is 13.5. The molecule has 0 spiro atoms. The van der Waals surface area contributed by atoms with Gasteiger partial charge in [-0.15, -0.1) is 0 Å². The molecule has 1 N–H and O–H groups in total. The van der Waals surface area contributed by atoms with E-state index in [1.165, 1.54) is 12.1 Å². The SMILES string of the molecule is Cc1ccc(Cl)c(Oc2cccc(F)c2CO)c1. The van der Waals surface area contributed by atoms with Crippen LogP contribution in [0.2, 0.25) is 5.02 Å². The molecule has 0 atom stereocenters. The first-order chi connectivity index (χ1) is 8.61. The van der Waals surface area contributed by atoms with Crippen LogP contribution in [-0.2, 0) is 6.61 Å². The number of hydrogen-bond donors (Lipinski definition) is 1. The fraction of sp³-hybridized carbons (Fsp3) is 0.143. The summed E-state index contributed by atoms with van der Waals surface area (Å²) in [6.07, 6.45) is 0. The summed E-state index contributed by atoms with van der Waals surface area (Å²) in [6.45, 7) is 1.48. The molecular weight excluding hydrogens is 255 g/mol. The van der Waals surface area contributed by atoms with Crippen molar-refractivity contribution in [2.24, 2.45) is 0 Å². The van der Waals surface area contributed by atoms with Crippen molar-refractivity contribution in [3.05, 3.63) is 58.4 Å². The molecule has 0 fully saturated rings. The van der Waals surface area contributed by atoms with Crippen molar-refractivity contribution in [2.75, 3.05) is 0 Å². The van der Waals surface area contributed by atoms with Crippen LogP contribution in [-0.4, -0.2) is 5.11 Å². The van der Waals surface area contributed by atoms with Crippen LogP contribution in [0, 0.1) is 12.7 Å². The molecule has 0 heterocycles. The highest BCUT2D eigenvalue weighted by molar-refractivity contribution is 6.32. The molecule has 0 radical (unpaired) electrons. The summed E-state index contributed by atoms with van der Waals surface area (Å²) in [6, 6.07) is 9.71. The van der Waals surface area contributed by atoms with Gasteiger partial charge in [-0.25, -0.2) is 4.39 Å². The summed E-state index contributed by atoms with van der Waals surface area (Å²) >= 11 is 6.00. The van der Waals surface area contributed by atoms with Crippen molar-refractivity contribution in [1.82, 2.24) is 0 Å². The van der Waals surface area contributed by atoms with E-state index in [4.69, 9.17) is 21.4 Å². The number of rotatable bonds is 3. The highest BCUT2D eigenvalue weighted by atomic mass is 35.5. The molecule has 94 valence electrons. The summed E-state index contributed by atoms with van der Waals surface area (Å²) < 4.78 is 19.0. The van der Waals surface area contributed by atoms with Gasteiger partial charge in [-0.3, -0.25) is 0 Å². The normalized spacial score (nSPS) is 10.4. The Morgan fingerprint density at radius 3 is 2.72 bits per heavy atom. The summed E-state index contributed by atoms with van der Waals surface area (Å²) in [5.41, 5.74) is 1.10. The number of ether oxygens (including phenoxy) is 1. The Hall–Kier alpha value is -1.58. The van der Waals surface area contributed by atoms with Gasteiger partial charge in [0.25, 0.3) is 0 Å². The second-order valence-electron chi connectivity index (χ2n) is 3.91. The summed E-state index contributed by atoms with van der Waals surface area (Å²) in [5.74, 6) is 0.209. The fourth-order valence-corrected chi connectivity index (χ4v) is 1.75. The van der Waals surface area contributed by atoms with Crippen molar-refractivity contribution in [1.29, 1.82) is 0 Å². The minimum atomic E-state index is -0.501. The number of aryl methyl sites for hydroxylation is 1. The molecule has 2 nitrogen and oxygen atoms in total. The molecule has 4 heteroatoms. The zero-order valence-electron chi connectivity index (χ0n) is 9.78. The molecular formula is C14H12ClFO2. The van der Waals surface area contributed by atoms with Crippen LogP contribution in [0.15, 0.2) is 36.4 Å². The number of hydrogen-bond acceptors (Lipinski definition) is 2. The Labute approximate surface area is 110 Å². The average molecular weight is 267 g/mol. The molecule has 0 saturated carbocycles. The van der Waals surface area contributed by atoms with Gasteiger partial charge in [0, 0.05) is 0 Å². The van der Waals surface area contributed by atoms with Gasteiger partial charge in [0.1, 0.15) is 17.3 Å². The monoisotopic (exact) mass is 266 g/mol. The third-order valence-corrected chi connectivity index (χ3v) is 2.85. The van der Waals surface area contributed by atoms with Crippen molar-refractivity contribution >= 4 is 11.6 Å². The predicted molar refractivity (Wildman–Crippen MR) is 68.6 cm³/mol. The van der Waals surface area contributed by atoms with Gasteiger partial charge in [0.2, 0.25) is 0 Å². The van der Waals surface area contributed by atoms with Gasteiger partial charge in [-0.2, -0.15) is 0 Å². The lowest BCUT2D eigenvalue weighted by atomic mass is 10.2. The van der Waals surface area contributed by atoms with Crippen LogP contribution in [0.3, 0.4) is 0 Å². The molecule has 0 amide bonds. The second kappa shape index (κ2) is 5.38. The second-order valence-corrected chi connectivity index (χ2v) is 4.32. The van der Waals surface area contributed by atoms with Crippen LogP contribution < -0.4 is 4.74 Å². The van der Waals surface area contributed by atoms with Crippen molar-refractivity contribution in [3.63, 3.8) is 0 Å². The van der Waals surface area contributed by atoms with E-state index < -0.39 is 12.4 Å². The Balaban J connectivity index is 2.40. The maximum Gasteiger partial charge on any atom is 0.146 e. The van der Waals surface area contributed by atoms with E-state index in [1.807, 2.05) is 13.0 Å². The topological polar surface area (TPSA) is 29.5 Å². The largest absolute Gasteiger partial charge is 0.455 e. The molecule has 18 heavy (non-hydrogen) atoms. The zero-order valence-corrected chi connectivity index (χ0v) is 10.5. The molecule has 0 aromatic heterocycles. The van der Waals surface area contributed by atoms with E-state index in [1.54, 1.807) is 18.2 Å². The van der Waals surface area contributed by atoms with Crippen LogP contribution in [0.25, 0.3) is 0 Å². The maximum absolute atomic E-state index is 13.5. The van der Waals surface area contributed by atoms with Crippen molar-refractivity contribution in [2.45, 2.75) is 13.5 Å². The van der Waals surface area contributed by atoms with E-state index in [0.717, 1.165) is 5.56 Å². The highest BCUT2D eigenvalue weighted by Crippen LogP contribution is 2.32. The van der Waals surface area contributed by atoms with E-state index in [9.17, 15) is 4.39 Å². The molecule has 0 saturated heterocycles. The Kier molecular flexibility index (Phi) is 3.84. The lowest BCUT2D eigenvalue weighted by Gasteiger charge is -2.12. The Morgan fingerprint density at radius 2 is 2.00 bits per heavy atom. The minimum absolute atomic E-state index is 0.120. The van der Waals surface area contributed by atoms with E-state index >= 15 is 0 Å². The number of aliphatic hydroxyl groups is 1. The van der Waals surface area contributed by atoms with Gasteiger partial charge in [-0.05, 0) is 36.8 Å². The van der Waals surface area contributed by atoms with Gasteiger partial charge >= 0.3 is 0 Å². The zero-order chi connectivity index (χ0) is 13.1. The van der Waals surface area contributed by atoms with Crippen molar-refractivity contribution in [3.8, 4) is 11.5 Å². The smallest absolute Gasteiger partial charge is 0.146 e. The summed E-state index contributed by atoms with van der Waals surface area (Å²) in [4.78, 5) is 0. The standard InChI is InChI=1S/C14H12ClFO2/c1-9-5-6-11(15)14(7-9)18-13-4-2-3-12(16)10(13)8-17/h2-7,17H,8H2,1H3. The number of halogens is 2. The first-order valence-corrected chi connectivity index (χ1v) is 5.82. The molecule has 0 aliphatic heterocycles. The summed E-state index contributed by atoms with van der Waals surface area (Å²) in [5, 5.41) is 9.59. The first-order valence-electron chi connectivity index (χ1n) is 5.44. The summed E-state index contributed by atoms with van der Waals surface area (Å²) in [7, 11) is 0. The Morgan fingerprint density at radius 1 is 1.22 bits per heavy atom.